The van der Waals surface area contributed by atoms with Gasteiger partial charge in [-0.2, -0.15) is 0 Å². The van der Waals surface area contributed by atoms with E-state index in [-0.39, 0.29) is 11.9 Å². The van der Waals surface area contributed by atoms with Crippen LogP contribution in [0, 0.1) is 11.8 Å². The summed E-state index contributed by atoms with van der Waals surface area (Å²) in [5, 5.41) is 0. The maximum Gasteiger partial charge on any atom is 0.317 e. The van der Waals surface area contributed by atoms with Gasteiger partial charge in [-0.05, 0) is 37.8 Å². The number of hydrogen-bond acceptors (Lipinski definition) is 2. The van der Waals surface area contributed by atoms with Crippen molar-refractivity contribution in [1.29, 1.82) is 0 Å². The highest BCUT2D eigenvalue weighted by Crippen LogP contribution is 2.16. The molecule has 0 saturated carbocycles. The zero-order valence-electron chi connectivity index (χ0n) is 15.1. The van der Waals surface area contributed by atoms with E-state index in [0.717, 1.165) is 31.2 Å². The Morgan fingerprint density at radius 2 is 1.79 bits per heavy atom. The Balaban J connectivity index is 2.09. The van der Waals surface area contributed by atoms with E-state index in [1.807, 2.05) is 43.3 Å². The summed E-state index contributed by atoms with van der Waals surface area (Å²) in [5.74, 6) is 5.98. The number of allylic oxidation sites excluding steroid dienone is 1. The van der Waals surface area contributed by atoms with E-state index in [1.54, 1.807) is 0 Å². The van der Waals surface area contributed by atoms with Crippen molar-refractivity contribution in [2.24, 2.45) is 0 Å². The van der Waals surface area contributed by atoms with E-state index in [1.165, 1.54) is 31.9 Å². The molecule has 2 nitrogen and oxygen atoms in total. The molecule has 0 aromatic heterocycles. The number of benzene rings is 1. The fourth-order valence-electron chi connectivity index (χ4n) is 2.29. The van der Waals surface area contributed by atoms with Gasteiger partial charge in [0.1, 0.15) is 0 Å². The highest BCUT2D eigenvalue weighted by Gasteiger charge is 2.15. The molecule has 1 aromatic rings. The van der Waals surface area contributed by atoms with E-state index in [4.69, 9.17) is 4.74 Å². The van der Waals surface area contributed by atoms with Crippen LogP contribution < -0.4 is 0 Å². The lowest BCUT2D eigenvalue weighted by Gasteiger charge is -2.08. The molecule has 0 heterocycles. The first-order valence-electron chi connectivity index (χ1n) is 9.12. The lowest BCUT2D eigenvalue weighted by Crippen LogP contribution is -2.10. The molecule has 0 radical (unpaired) electrons. The Labute approximate surface area is 147 Å². The summed E-state index contributed by atoms with van der Waals surface area (Å²) in [4.78, 5) is 11.9. The summed E-state index contributed by atoms with van der Waals surface area (Å²) < 4.78 is 5.19. The SMILES string of the molecule is CCCCCCC#CCCC/C=C\OC(=O)[C@H](C)c1ccccc1. The van der Waals surface area contributed by atoms with Crippen LogP contribution in [0.2, 0.25) is 0 Å². The van der Waals surface area contributed by atoms with Gasteiger partial charge >= 0.3 is 5.97 Å². The van der Waals surface area contributed by atoms with Crippen molar-refractivity contribution in [1.82, 2.24) is 0 Å². The average Bonchev–Trinajstić information content (AvgIpc) is 2.62. The minimum atomic E-state index is -0.241. The van der Waals surface area contributed by atoms with Crippen LogP contribution in [-0.2, 0) is 9.53 Å². The highest BCUT2D eigenvalue weighted by molar-refractivity contribution is 5.78. The molecule has 0 amide bonds. The Kier molecular flexibility index (Phi) is 11.2. The third-order valence-corrected chi connectivity index (χ3v) is 3.89. The number of carbonyl (C=O) groups excluding carboxylic acids is 1. The molecule has 130 valence electrons. The molecule has 1 atom stereocenters. The molecule has 0 fully saturated rings. The van der Waals surface area contributed by atoms with Crippen LogP contribution in [0.5, 0.6) is 0 Å². The van der Waals surface area contributed by atoms with Crippen molar-refractivity contribution in [2.45, 2.75) is 71.1 Å². The summed E-state index contributed by atoms with van der Waals surface area (Å²) in [6, 6.07) is 9.68. The number of esters is 1. The fourth-order valence-corrected chi connectivity index (χ4v) is 2.29. The summed E-state index contributed by atoms with van der Waals surface area (Å²) in [6.07, 6.45) is 12.3. The van der Waals surface area contributed by atoms with Crippen molar-refractivity contribution in [2.75, 3.05) is 0 Å². The Hall–Kier alpha value is -2.01. The summed E-state index contributed by atoms with van der Waals surface area (Å²) in [5.41, 5.74) is 0.977. The Morgan fingerprint density at radius 3 is 2.50 bits per heavy atom. The van der Waals surface area contributed by atoms with Crippen LogP contribution in [-0.4, -0.2) is 5.97 Å². The van der Waals surface area contributed by atoms with Crippen LogP contribution in [0.4, 0.5) is 0 Å². The van der Waals surface area contributed by atoms with Crippen LogP contribution in [0.15, 0.2) is 42.7 Å². The first kappa shape index (κ1) is 20.0. The van der Waals surface area contributed by atoms with Gasteiger partial charge in [-0.3, -0.25) is 4.79 Å². The topological polar surface area (TPSA) is 26.3 Å². The minimum Gasteiger partial charge on any atom is -0.434 e. The molecule has 0 bridgehead atoms. The predicted octanol–water partition coefficient (Wildman–Crippen LogP) is 5.99. The van der Waals surface area contributed by atoms with Gasteiger partial charge in [0, 0.05) is 12.8 Å². The number of ether oxygens (including phenoxy) is 1. The van der Waals surface area contributed by atoms with E-state index in [9.17, 15) is 4.79 Å². The van der Waals surface area contributed by atoms with Crippen molar-refractivity contribution in [3.63, 3.8) is 0 Å². The van der Waals surface area contributed by atoms with Crippen molar-refractivity contribution in [3.8, 4) is 11.8 Å². The second-order valence-electron chi connectivity index (χ2n) is 6.00. The van der Waals surface area contributed by atoms with Gasteiger partial charge in [-0.1, -0.05) is 56.5 Å². The predicted molar refractivity (Wildman–Crippen MR) is 100 cm³/mol. The molecule has 0 aliphatic carbocycles. The molecule has 0 N–H and O–H groups in total. The van der Waals surface area contributed by atoms with Crippen LogP contribution in [0.3, 0.4) is 0 Å². The standard InChI is InChI=1S/C22H30O2/c1-3-4-5-6-7-8-9-10-11-12-16-19-24-22(23)20(2)21-17-14-13-15-18-21/h13-20H,3-7,10-12H2,1-2H3/b19-16-/t20-/m1/s1. The summed E-state index contributed by atoms with van der Waals surface area (Å²) >= 11 is 0. The van der Waals surface area contributed by atoms with Crippen LogP contribution >= 0.6 is 0 Å². The smallest absolute Gasteiger partial charge is 0.317 e. The van der Waals surface area contributed by atoms with E-state index in [0.29, 0.717) is 0 Å². The molecular weight excluding hydrogens is 296 g/mol. The molecule has 1 rings (SSSR count). The van der Waals surface area contributed by atoms with Gasteiger partial charge in [-0.25, -0.2) is 0 Å². The minimum absolute atomic E-state index is 0.218. The average molecular weight is 326 g/mol. The molecule has 0 saturated heterocycles. The highest BCUT2D eigenvalue weighted by atomic mass is 16.5. The summed E-state index contributed by atoms with van der Waals surface area (Å²) in [7, 11) is 0. The van der Waals surface area contributed by atoms with Gasteiger partial charge in [0.05, 0.1) is 12.2 Å². The molecule has 0 spiro atoms. The normalized spacial score (nSPS) is 11.8. The Bertz CT molecular complexity index is 534. The van der Waals surface area contributed by atoms with Crippen molar-refractivity contribution in [3.05, 3.63) is 48.2 Å². The Morgan fingerprint density at radius 1 is 1.08 bits per heavy atom. The second-order valence-corrected chi connectivity index (χ2v) is 6.00. The molecule has 1 aromatic carbocycles. The lowest BCUT2D eigenvalue weighted by molar-refractivity contribution is -0.139. The third kappa shape index (κ3) is 9.20. The molecule has 0 aliphatic rings. The maximum atomic E-state index is 11.9. The van der Waals surface area contributed by atoms with Crippen molar-refractivity contribution < 1.29 is 9.53 Å². The monoisotopic (exact) mass is 326 g/mol. The number of unbranched alkanes of at least 4 members (excludes halogenated alkanes) is 6. The van der Waals surface area contributed by atoms with Crippen LogP contribution in [0.25, 0.3) is 0 Å². The molecule has 24 heavy (non-hydrogen) atoms. The molecule has 0 unspecified atom stereocenters. The first-order chi connectivity index (χ1) is 11.8. The van der Waals surface area contributed by atoms with Gasteiger partial charge < -0.3 is 4.74 Å². The van der Waals surface area contributed by atoms with Crippen LogP contribution in [0.1, 0.15) is 76.7 Å². The maximum absolute atomic E-state index is 11.9. The number of carbonyl (C=O) groups is 1. The third-order valence-electron chi connectivity index (χ3n) is 3.89. The molecule has 2 heteroatoms. The quantitative estimate of drug-likeness (QED) is 0.228. The van der Waals surface area contributed by atoms with Gasteiger partial charge in [0.25, 0.3) is 0 Å². The zero-order valence-corrected chi connectivity index (χ0v) is 15.1. The van der Waals surface area contributed by atoms with Gasteiger partial charge in [-0.15, -0.1) is 11.8 Å². The number of hydrogen-bond donors (Lipinski definition) is 0. The van der Waals surface area contributed by atoms with Gasteiger partial charge in [0.15, 0.2) is 0 Å². The number of rotatable bonds is 10. The van der Waals surface area contributed by atoms with E-state index < -0.39 is 0 Å². The van der Waals surface area contributed by atoms with E-state index >= 15 is 0 Å². The van der Waals surface area contributed by atoms with Crippen molar-refractivity contribution >= 4 is 5.97 Å². The first-order valence-corrected chi connectivity index (χ1v) is 9.12. The molecule has 0 aliphatic heterocycles. The largest absolute Gasteiger partial charge is 0.434 e. The van der Waals surface area contributed by atoms with Gasteiger partial charge in [0.2, 0.25) is 0 Å². The summed E-state index contributed by atoms with van der Waals surface area (Å²) in [6.45, 7) is 4.08. The molecular formula is C22H30O2. The lowest BCUT2D eigenvalue weighted by atomic mass is 10.0. The van der Waals surface area contributed by atoms with E-state index in [2.05, 4.69) is 18.8 Å². The second kappa shape index (κ2) is 13.4. The fraction of sp³-hybridized carbons (Fsp3) is 0.500. The zero-order chi connectivity index (χ0) is 17.5.